The van der Waals surface area contributed by atoms with Crippen LogP contribution in [-0.4, -0.2) is 6.61 Å². The summed E-state index contributed by atoms with van der Waals surface area (Å²) < 4.78 is 21.6. The minimum Gasteiger partial charge on any atom is -0.426 e. The minimum atomic E-state index is -2.43. The summed E-state index contributed by atoms with van der Waals surface area (Å²) in [5.41, 5.74) is 0. The fraction of sp³-hybridized carbons (Fsp3) is 0.167. The summed E-state index contributed by atoms with van der Waals surface area (Å²) in [6.45, 7) is 2.18. The van der Waals surface area contributed by atoms with Crippen molar-refractivity contribution in [2.24, 2.45) is 0 Å². The predicted molar refractivity (Wildman–Crippen MR) is 65.2 cm³/mol. The van der Waals surface area contributed by atoms with E-state index in [2.05, 4.69) is 0 Å². The summed E-state index contributed by atoms with van der Waals surface area (Å²) >= 11 is 0. The zero-order valence-corrected chi connectivity index (χ0v) is 9.97. The van der Waals surface area contributed by atoms with Gasteiger partial charge in [0, 0.05) is 5.39 Å². The van der Waals surface area contributed by atoms with E-state index < -0.39 is 8.25 Å². The first kappa shape index (κ1) is 11.2. The average Bonchev–Trinajstić information content (AvgIpc) is 2.30. The van der Waals surface area contributed by atoms with E-state index >= 15 is 0 Å². The number of fused-ring (bicyclic) bond motifs is 1. The maximum atomic E-state index is 11.4. The Bertz CT molecular complexity index is 505. The van der Waals surface area contributed by atoms with Crippen LogP contribution in [0.25, 0.3) is 10.8 Å². The van der Waals surface area contributed by atoms with E-state index in [-0.39, 0.29) is 0 Å². The highest BCUT2D eigenvalue weighted by Gasteiger charge is 2.04. The minimum absolute atomic E-state index is 0.391. The number of hydrogen-bond acceptors (Lipinski definition) is 3. The Hall–Kier alpha value is -1.31. The van der Waals surface area contributed by atoms with Crippen molar-refractivity contribution in [3.63, 3.8) is 0 Å². The molecule has 0 spiro atoms. The van der Waals surface area contributed by atoms with Gasteiger partial charge in [-0.2, -0.15) is 0 Å². The second kappa shape index (κ2) is 5.15. The molecular weight excluding hydrogens is 223 g/mol. The van der Waals surface area contributed by atoms with Gasteiger partial charge in [-0.05, 0) is 18.4 Å². The first-order valence-corrected chi connectivity index (χ1v) is 6.36. The Morgan fingerprint density at radius 3 is 2.69 bits per heavy atom. The Morgan fingerprint density at radius 2 is 1.88 bits per heavy atom. The first-order chi connectivity index (χ1) is 7.81. The summed E-state index contributed by atoms with van der Waals surface area (Å²) in [5, 5.41) is 2.01. The molecule has 0 aliphatic heterocycles. The van der Waals surface area contributed by atoms with Gasteiger partial charge in [0.15, 0.2) is 0 Å². The summed E-state index contributed by atoms with van der Waals surface area (Å²) in [7, 11) is -2.43. The highest BCUT2D eigenvalue weighted by Crippen LogP contribution is 2.33. The third-order valence-electron chi connectivity index (χ3n) is 2.21. The molecule has 0 saturated heterocycles. The molecule has 2 rings (SSSR count). The topological polar surface area (TPSA) is 35.5 Å². The van der Waals surface area contributed by atoms with E-state index in [4.69, 9.17) is 9.05 Å². The van der Waals surface area contributed by atoms with Crippen LogP contribution in [0.15, 0.2) is 42.5 Å². The summed E-state index contributed by atoms with van der Waals surface area (Å²) in [4.78, 5) is 0. The van der Waals surface area contributed by atoms with Crippen LogP contribution in [0.2, 0.25) is 0 Å². The lowest BCUT2D eigenvalue weighted by Gasteiger charge is -2.08. The zero-order chi connectivity index (χ0) is 11.4. The van der Waals surface area contributed by atoms with Gasteiger partial charge in [-0.3, -0.25) is 0 Å². The van der Waals surface area contributed by atoms with Gasteiger partial charge >= 0.3 is 8.25 Å². The van der Waals surface area contributed by atoms with Gasteiger partial charge in [0.2, 0.25) is 0 Å². The van der Waals surface area contributed by atoms with E-state index in [9.17, 15) is 4.57 Å². The van der Waals surface area contributed by atoms with Crippen molar-refractivity contribution in [3.8, 4) is 5.75 Å². The molecule has 0 saturated carbocycles. The SMILES string of the molecule is CCO[PH](=O)Oc1cccc2ccccc12. The molecule has 16 heavy (non-hydrogen) atoms. The second-order valence-corrected chi connectivity index (χ2v) is 4.26. The number of rotatable bonds is 4. The molecule has 1 atom stereocenters. The van der Waals surface area contributed by atoms with Crippen LogP contribution in [-0.2, 0) is 9.09 Å². The van der Waals surface area contributed by atoms with Crippen LogP contribution >= 0.6 is 8.25 Å². The quantitative estimate of drug-likeness (QED) is 0.760. The van der Waals surface area contributed by atoms with Gasteiger partial charge in [0.05, 0.1) is 6.61 Å². The lowest BCUT2D eigenvalue weighted by Crippen LogP contribution is -1.87. The van der Waals surface area contributed by atoms with Gasteiger partial charge in [-0.1, -0.05) is 36.4 Å². The Morgan fingerprint density at radius 1 is 1.12 bits per heavy atom. The Labute approximate surface area is 94.9 Å². The number of benzene rings is 2. The van der Waals surface area contributed by atoms with Gasteiger partial charge in [0.25, 0.3) is 0 Å². The smallest absolute Gasteiger partial charge is 0.367 e. The lowest BCUT2D eigenvalue weighted by atomic mass is 10.1. The van der Waals surface area contributed by atoms with Crippen molar-refractivity contribution < 1.29 is 13.6 Å². The van der Waals surface area contributed by atoms with Crippen LogP contribution < -0.4 is 4.52 Å². The molecule has 84 valence electrons. The molecule has 0 aromatic heterocycles. The van der Waals surface area contributed by atoms with Crippen molar-refractivity contribution in [2.45, 2.75) is 6.92 Å². The molecule has 3 nitrogen and oxygen atoms in total. The van der Waals surface area contributed by atoms with Gasteiger partial charge in [-0.15, -0.1) is 0 Å². The normalized spacial score (nSPS) is 12.6. The van der Waals surface area contributed by atoms with E-state index in [0.717, 1.165) is 10.8 Å². The molecular formula is C12H13O3P. The molecule has 0 amide bonds. The van der Waals surface area contributed by atoms with Crippen LogP contribution in [0.4, 0.5) is 0 Å². The Kier molecular flexibility index (Phi) is 3.60. The second-order valence-electron chi connectivity index (χ2n) is 3.26. The van der Waals surface area contributed by atoms with Crippen molar-refractivity contribution >= 4 is 19.0 Å². The number of hydrogen-bond donors (Lipinski definition) is 0. The summed E-state index contributed by atoms with van der Waals surface area (Å²) in [6, 6.07) is 13.5. The van der Waals surface area contributed by atoms with Crippen LogP contribution in [0.5, 0.6) is 5.75 Å². The Balaban J connectivity index is 2.33. The predicted octanol–water partition coefficient (Wildman–Crippen LogP) is 3.64. The molecule has 1 unspecified atom stereocenters. The van der Waals surface area contributed by atoms with Crippen LogP contribution in [0.3, 0.4) is 0 Å². The van der Waals surface area contributed by atoms with E-state index in [1.165, 1.54) is 0 Å². The van der Waals surface area contributed by atoms with Gasteiger partial charge < -0.3 is 9.05 Å². The molecule has 2 aromatic carbocycles. The van der Waals surface area contributed by atoms with Crippen molar-refractivity contribution in [3.05, 3.63) is 42.5 Å². The highest BCUT2D eigenvalue weighted by atomic mass is 31.1. The molecule has 0 N–H and O–H groups in total. The van der Waals surface area contributed by atoms with Crippen molar-refractivity contribution in [2.75, 3.05) is 6.61 Å². The molecule has 2 aromatic rings. The fourth-order valence-corrected chi connectivity index (χ4v) is 2.17. The van der Waals surface area contributed by atoms with Crippen LogP contribution in [0, 0.1) is 0 Å². The zero-order valence-electron chi connectivity index (χ0n) is 8.97. The van der Waals surface area contributed by atoms with E-state index in [1.807, 2.05) is 36.4 Å². The van der Waals surface area contributed by atoms with Gasteiger partial charge in [-0.25, -0.2) is 4.57 Å². The van der Waals surface area contributed by atoms with E-state index in [1.54, 1.807) is 13.0 Å². The molecule has 0 aliphatic rings. The molecule has 0 heterocycles. The lowest BCUT2D eigenvalue weighted by molar-refractivity contribution is 0.303. The molecule has 0 fully saturated rings. The maximum Gasteiger partial charge on any atom is 0.367 e. The average molecular weight is 236 g/mol. The van der Waals surface area contributed by atoms with Crippen molar-refractivity contribution in [1.82, 2.24) is 0 Å². The molecule has 0 bridgehead atoms. The largest absolute Gasteiger partial charge is 0.426 e. The first-order valence-electron chi connectivity index (χ1n) is 5.13. The summed E-state index contributed by atoms with van der Waals surface area (Å²) in [6.07, 6.45) is 0. The molecule has 0 radical (unpaired) electrons. The monoisotopic (exact) mass is 236 g/mol. The third kappa shape index (κ3) is 2.43. The van der Waals surface area contributed by atoms with E-state index in [0.29, 0.717) is 12.4 Å². The maximum absolute atomic E-state index is 11.4. The highest BCUT2D eigenvalue weighted by molar-refractivity contribution is 7.33. The fourth-order valence-electron chi connectivity index (χ4n) is 1.52. The van der Waals surface area contributed by atoms with Gasteiger partial charge in [0.1, 0.15) is 5.75 Å². The van der Waals surface area contributed by atoms with Crippen LogP contribution in [0.1, 0.15) is 6.92 Å². The molecule has 4 heteroatoms. The summed E-state index contributed by atoms with van der Waals surface area (Å²) in [5.74, 6) is 0.607. The molecule has 0 aliphatic carbocycles. The van der Waals surface area contributed by atoms with Crippen molar-refractivity contribution in [1.29, 1.82) is 0 Å². The third-order valence-corrected chi connectivity index (χ3v) is 3.12. The standard InChI is InChI=1S/C12H13O3P/c1-2-14-16(13)15-12-9-5-7-10-6-3-4-8-11(10)12/h3-9,16H,2H2,1H3.